The van der Waals surface area contributed by atoms with Crippen molar-refractivity contribution in [2.75, 3.05) is 25.8 Å². The summed E-state index contributed by atoms with van der Waals surface area (Å²) < 4.78 is 40.6. The Kier molecular flexibility index (Phi) is 8.48. The number of nitrogens with one attached hydrogen (secondary N) is 1. The molecule has 0 aliphatic carbocycles. The van der Waals surface area contributed by atoms with Crippen LogP contribution in [0.4, 0.5) is 18.2 Å². The minimum absolute atomic E-state index is 0.118. The first-order valence-electron chi connectivity index (χ1n) is 9.28. The van der Waals surface area contributed by atoms with Gasteiger partial charge in [-0.2, -0.15) is 0 Å². The zero-order chi connectivity index (χ0) is 21.4. The van der Waals surface area contributed by atoms with Gasteiger partial charge in [-0.3, -0.25) is 20.0 Å². The molecule has 0 saturated heterocycles. The molecule has 2 rings (SSSR count). The second-order valence-electron chi connectivity index (χ2n) is 6.55. The fourth-order valence-corrected chi connectivity index (χ4v) is 3.62. The smallest absolute Gasteiger partial charge is 0.406 e. The van der Waals surface area contributed by atoms with Crippen LogP contribution in [0.2, 0.25) is 0 Å². The highest BCUT2D eigenvalue weighted by Gasteiger charge is 2.31. The molecule has 29 heavy (non-hydrogen) atoms. The number of ether oxygens (including phenoxy) is 1. The molecule has 1 aromatic heterocycles. The first-order valence-corrected chi connectivity index (χ1v) is 10.1. The van der Waals surface area contributed by atoms with E-state index in [1.54, 1.807) is 0 Å². The van der Waals surface area contributed by atoms with Crippen molar-refractivity contribution < 1.29 is 27.5 Å². The number of carbonyl (C=O) groups is 1. The number of hydrogen-bond donors (Lipinski definition) is 1. The van der Waals surface area contributed by atoms with Crippen molar-refractivity contribution >= 4 is 22.1 Å². The highest BCUT2D eigenvalue weighted by molar-refractivity contribution is 7.16. The summed E-state index contributed by atoms with van der Waals surface area (Å²) in [6.07, 6.45) is -2.80. The Morgan fingerprint density at radius 3 is 2.48 bits per heavy atom. The average molecular weight is 430 g/mol. The van der Waals surface area contributed by atoms with E-state index in [2.05, 4.69) is 17.1 Å². The molecule has 160 valence electrons. The highest BCUT2D eigenvalue weighted by Crippen LogP contribution is 2.30. The Bertz CT molecular complexity index is 791. The number of ketones is 1. The summed E-state index contributed by atoms with van der Waals surface area (Å²) in [4.78, 5) is 21.3. The number of rotatable bonds is 11. The first-order chi connectivity index (χ1) is 13.7. The molecule has 2 aromatic rings. The Labute approximate surface area is 172 Å². The number of anilines is 1. The first kappa shape index (κ1) is 23.2. The van der Waals surface area contributed by atoms with Crippen molar-refractivity contribution in [3.8, 4) is 5.75 Å². The summed E-state index contributed by atoms with van der Waals surface area (Å²) in [5.74, 6) is -0.556. The van der Waals surface area contributed by atoms with Gasteiger partial charge in [-0.25, -0.2) is 0 Å². The number of Topliss-reactive ketones (excluding diaryl/α,β-unsaturated/α-hetero) is 1. The van der Waals surface area contributed by atoms with Crippen LogP contribution in [0.15, 0.2) is 30.3 Å². The van der Waals surface area contributed by atoms with Gasteiger partial charge in [-0.1, -0.05) is 13.8 Å². The molecule has 0 radical (unpaired) electrons. The summed E-state index contributed by atoms with van der Waals surface area (Å²) in [6.45, 7) is 5.42. The van der Waals surface area contributed by atoms with Gasteiger partial charge in [0.25, 0.3) is 0 Å². The van der Waals surface area contributed by atoms with E-state index in [4.69, 9.17) is 4.84 Å². The van der Waals surface area contributed by atoms with E-state index in [0.717, 1.165) is 47.0 Å². The number of alkyl halides is 3. The van der Waals surface area contributed by atoms with E-state index < -0.39 is 6.36 Å². The third kappa shape index (κ3) is 7.68. The summed E-state index contributed by atoms with van der Waals surface area (Å²) in [6, 6.07) is 6.89. The van der Waals surface area contributed by atoms with E-state index in [0.29, 0.717) is 12.3 Å². The van der Waals surface area contributed by atoms with Crippen molar-refractivity contribution in [3.05, 3.63) is 46.3 Å². The van der Waals surface area contributed by atoms with E-state index in [9.17, 15) is 18.0 Å². The lowest BCUT2D eigenvalue weighted by atomic mass is 10.0. The van der Waals surface area contributed by atoms with Crippen LogP contribution < -0.4 is 10.2 Å². The molecular formula is C20H25F3N2O3S. The molecule has 0 aliphatic heterocycles. The van der Waals surface area contributed by atoms with Crippen LogP contribution >= 0.6 is 11.3 Å². The van der Waals surface area contributed by atoms with Crippen molar-refractivity contribution in [1.29, 1.82) is 0 Å². The van der Waals surface area contributed by atoms with Crippen LogP contribution in [0.5, 0.6) is 5.75 Å². The Morgan fingerprint density at radius 2 is 1.90 bits per heavy atom. The second-order valence-corrected chi connectivity index (χ2v) is 7.68. The molecule has 0 spiro atoms. The molecule has 1 N–H and O–H groups in total. The molecule has 9 heteroatoms. The molecular weight excluding hydrogens is 405 g/mol. The van der Waals surface area contributed by atoms with Crippen LogP contribution in [0.3, 0.4) is 0 Å². The van der Waals surface area contributed by atoms with Gasteiger partial charge < -0.3 is 4.74 Å². The summed E-state index contributed by atoms with van der Waals surface area (Å²) in [7, 11) is 1.95. The molecule has 0 aliphatic rings. The lowest BCUT2D eigenvalue weighted by Gasteiger charge is -2.16. The van der Waals surface area contributed by atoms with E-state index >= 15 is 0 Å². The number of nitrogens with zero attached hydrogens (tertiary/aromatic N) is 1. The molecule has 5 nitrogen and oxygen atoms in total. The number of halogens is 3. The maximum absolute atomic E-state index is 12.6. The number of benzene rings is 1. The number of hydrogen-bond acceptors (Lipinski definition) is 6. The summed E-state index contributed by atoms with van der Waals surface area (Å²) in [5.41, 5.74) is 4.04. The monoisotopic (exact) mass is 430 g/mol. The Balaban J connectivity index is 2.02. The van der Waals surface area contributed by atoms with Gasteiger partial charge in [0.2, 0.25) is 0 Å². The lowest BCUT2D eigenvalue weighted by Crippen LogP contribution is -2.24. The fourth-order valence-electron chi connectivity index (χ4n) is 2.65. The third-order valence-corrected chi connectivity index (χ3v) is 5.24. The van der Waals surface area contributed by atoms with E-state index in [-0.39, 0.29) is 18.0 Å². The quantitative estimate of drug-likeness (QED) is 0.299. The van der Waals surface area contributed by atoms with Crippen molar-refractivity contribution in [3.63, 3.8) is 0 Å². The van der Waals surface area contributed by atoms with Crippen LogP contribution in [-0.4, -0.2) is 37.4 Å². The van der Waals surface area contributed by atoms with Gasteiger partial charge in [0.15, 0.2) is 5.78 Å². The molecule has 1 aromatic carbocycles. The van der Waals surface area contributed by atoms with E-state index in [1.165, 1.54) is 23.5 Å². The van der Waals surface area contributed by atoms with Gasteiger partial charge >= 0.3 is 6.36 Å². The summed E-state index contributed by atoms with van der Waals surface area (Å²) >= 11 is 1.52. The van der Waals surface area contributed by atoms with Gasteiger partial charge in [0.1, 0.15) is 17.5 Å². The number of carbonyl (C=O) groups excluding carboxylic acids is 1. The standard InChI is InChI=1S/C20H25F3N2O3S/c1-4-10-25(3)13-27-24-19-15(11-17(5-2)29-19)12-18(26)14-6-8-16(9-7-14)28-20(21,22)23/h6-9,11,24H,4-5,10,12-13H2,1-3H3. The Hall–Kier alpha value is -2.10. The topological polar surface area (TPSA) is 50.8 Å². The Morgan fingerprint density at radius 1 is 1.21 bits per heavy atom. The van der Waals surface area contributed by atoms with Gasteiger partial charge in [-0.05, 0) is 62.3 Å². The van der Waals surface area contributed by atoms with Gasteiger partial charge in [-0.15, -0.1) is 24.5 Å². The summed E-state index contributed by atoms with van der Waals surface area (Å²) in [5, 5.41) is 0.761. The molecule has 0 fully saturated rings. The van der Waals surface area contributed by atoms with Crippen molar-refractivity contribution in [1.82, 2.24) is 4.90 Å². The minimum atomic E-state index is -4.76. The second kappa shape index (κ2) is 10.6. The van der Waals surface area contributed by atoms with Gasteiger partial charge in [0.05, 0.1) is 0 Å². The van der Waals surface area contributed by atoms with Crippen LogP contribution in [0.1, 0.15) is 41.1 Å². The fraction of sp³-hybridized carbons (Fsp3) is 0.450. The maximum atomic E-state index is 12.6. The SMILES string of the molecule is CCCN(C)CONc1sc(CC)cc1CC(=O)c1ccc(OC(F)(F)F)cc1. The minimum Gasteiger partial charge on any atom is -0.406 e. The van der Waals surface area contributed by atoms with Crippen molar-refractivity contribution in [2.24, 2.45) is 0 Å². The lowest BCUT2D eigenvalue weighted by molar-refractivity contribution is -0.274. The zero-order valence-corrected chi connectivity index (χ0v) is 17.5. The molecule has 0 atom stereocenters. The van der Waals surface area contributed by atoms with Crippen molar-refractivity contribution in [2.45, 2.75) is 39.5 Å². The van der Waals surface area contributed by atoms with Crippen LogP contribution in [-0.2, 0) is 17.7 Å². The molecule has 1 heterocycles. The number of aryl methyl sites for hydroxylation is 1. The molecule has 0 saturated carbocycles. The van der Waals surface area contributed by atoms with Gasteiger partial charge in [0, 0.05) is 16.9 Å². The van der Waals surface area contributed by atoms with Crippen LogP contribution in [0.25, 0.3) is 0 Å². The molecule has 0 bridgehead atoms. The zero-order valence-electron chi connectivity index (χ0n) is 16.6. The predicted octanol–water partition coefficient (Wildman–Crippen LogP) is 5.28. The third-order valence-electron chi connectivity index (χ3n) is 4.02. The maximum Gasteiger partial charge on any atom is 0.573 e. The molecule has 0 amide bonds. The average Bonchev–Trinajstić information content (AvgIpc) is 3.03. The largest absolute Gasteiger partial charge is 0.573 e. The number of thiophene rings is 1. The normalized spacial score (nSPS) is 11.7. The highest BCUT2D eigenvalue weighted by atomic mass is 32.1. The van der Waals surface area contributed by atoms with E-state index in [1.807, 2.05) is 24.9 Å². The van der Waals surface area contributed by atoms with Crippen LogP contribution in [0, 0.1) is 0 Å². The predicted molar refractivity (Wildman–Crippen MR) is 107 cm³/mol. The molecule has 0 unspecified atom stereocenters.